The van der Waals surface area contributed by atoms with Crippen molar-refractivity contribution in [1.29, 1.82) is 0 Å². The van der Waals surface area contributed by atoms with E-state index in [-0.39, 0.29) is 12.2 Å². The fraction of sp³-hybridized carbons (Fsp3) is 0.429. The number of aryl methyl sites for hydroxylation is 1. The van der Waals surface area contributed by atoms with Gasteiger partial charge in [0.15, 0.2) is 0 Å². The zero-order valence-corrected chi connectivity index (χ0v) is 11.1. The van der Waals surface area contributed by atoms with Crippen molar-refractivity contribution >= 4 is 17.0 Å². The van der Waals surface area contributed by atoms with E-state index in [4.69, 9.17) is 5.11 Å². The number of carbonyl (C=O) groups is 1. The Balaban J connectivity index is 2.46. The minimum Gasteiger partial charge on any atom is -0.478 e. The average Bonchev–Trinajstić information content (AvgIpc) is 2.72. The number of aliphatic hydroxyl groups is 1. The number of carboxylic acid groups (broad SMARTS) is 1. The quantitative estimate of drug-likeness (QED) is 0.866. The van der Waals surface area contributed by atoms with Gasteiger partial charge in [0.2, 0.25) is 0 Å². The summed E-state index contributed by atoms with van der Waals surface area (Å²) in [6, 6.07) is 4.87. The SMILES string of the molecule is CC(C)CCn1c(CO)nc2cc(C(=O)O)ccc21. The molecule has 1 heterocycles. The number of hydrogen-bond acceptors (Lipinski definition) is 3. The summed E-state index contributed by atoms with van der Waals surface area (Å²) in [5.74, 6) is 0.171. The molecule has 0 bridgehead atoms. The molecule has 2 N–H and O–H groups in total. The highest BCUT2D eigenvalue weighted by Gasteiger charge is 2.12. The van der Waals surface area contributed by atoms with E-state index in [0.29, 0.717) is 17.3 Å². The van der Waals surface area contributed by atoms with E-state index in [2.05, 4.69) is 18.8 Å². The third-order valence-electron chi connectivity index (χ3n) is 3.15. The first-order chi connectivity index (χ1) is 9.02. The summed E-state index contributed by atoms with van der Waals surface area (Å²) in [4.78, 5) is 15.2. The predicted octanol–water partition coefficient (Wildman–Crippen LogP) is 2.27. The lowest BCUT2D eigenvalue weighted by Crippen LogP contribution is -2.06. The zero-order chi connectivity index (χ0) is 14.0. The van der Waals surface area contributed by atoms with Crippen molar-refractivity contribution in [1.82, 2.24) is 9.55 Å². The Hall–Kier alpha value is -1.88. The summed E-state index contributed by atoms with van der Waals surface area (Å²) >= 11 is 0. The highest BCUT2D eigenvalue weighted by molar-refractivity contribution is 5.92. The van der Waals surface area contributed by atoms with E-state index in [1.165, 1.54) is 0 Å². The van der Waals surface area contributed by atoms with Crippen LogP contribution < -0.4 is 0 Å². The molecular weight excluding hydrogens is 244 g/mol. The molecule has 0 aliphatic rings. The molecule has 0 radical (unpaired) electrons. The fourth-order valence-electron chi connectivity index (χ4n) is 2.07. The molecule has 0 aliphatic carbocycles. The maximum atomic E-state index is 10.9. The van der Waals surface area contributed by atoms with Crippen LogP contribution in [0.1, 0.15) is 36.5 Å². The van der Waals surface area contributed by atoms with Gasteiger partial charge in [-0.3, -0.25) is 0 Å². The predicted molar refractivity (Wildman–Crippen MR) is 72.1 cm³/mol. The van der Waals surface area contributed by atoms with Crippen molar-refractivity contribution in [3.8, 4) is 0 Å². The highest BCUT2D eigenvalue weighted by Crippen LogP contribution is 2.19. The van der Waals surface area contributed by atoms with Crippen LogP contribution in [0.2, 0.25) is 0 Å². The third kappa shape index (κ3) is 2.76. The molecule has 5 nitrogen and oxygen atoms in total. The van der Waals surface area contributed by atoms with E-state index in [0.717, 1.165) is 18.5 Å². The number of fused-ring (bicyclic) bond motifs is 1. The Morgan fingerprint density at radius 3 is 2.74 bits per heavy atom. The second kappa shape index (κ2) is 5.40. The largest absolute Gasteiger partial charge is 0.478 e. The van der Waals surface area contributed by atoms with Crippen LogP contribution in [0.15, 0.2) is 18.2 Å². The molecule has 0 unspecified atom stereocenters. The molecule has 0 saturated carbocycles. The van der Waals surface area contributed by atoms with E-state index >= 15 is 0 Å². The summed E-state index contributed by atoms with van der Waals surface area (Å²) < 4.78 is 1.96. The lowest BCUT2D eigenvalue weighted by Gasteiger charge is -2.09. The molecule has 2 rings (SSSR count). The fourth-order valence-corrected chi connectivity index (χ4v) is 2.07. The number of hydrogen-bond donors (Lipinski definition) is 2. The lowest BCUT2D eigenvalue weighted by atomic mass is 10.1. The van der Waals surface area contributed by atoms with Gasteiger partial charge < -0.3 is 14.8 Å². The van der Waals surface area contributed by atoms with E-state index in [9.17, 15) is 9.90 Å². The number of nitrogens with zero attached hydrogens (tertiary/aromatic N) is 2. The minimum atomic E-state index is -0.968. The molecule has 0 atom stereocenters. The first-order valence-corrected chi connectivity index (χ1v) is 6.36. The van der Waals surface area contributed by atoms with Crippen LogP contribution in [0.25, 0.3) is 11.0 Å². The van der Waals surface area contributed by atoms with Gasteiger partial charge in [-0.15, -0.1) is 0 Å². The van der Waals surface area contributed by atoms with E-state index in [1.54, 1.807) is 18.2 Å². The van der Waals surface area contributed by atoms with Crippen molar-refractivity contribution in [2.75, 3.05) is 0 Å². The molecule has 0 aliphatic heterocycles. The number of rotatable bonds is 5. The van der Waals surface area contributed by atoms with Gasteiger partial charge in [-0.1, -0.05) is 13.8 Å². The van der Waals surface area contributed by atoms with Gasteiger partial charge in [0.05, 0.1) is 16.6 Å². The molecule has 0 amide bonds. The average molecular weight is 262 g/mol. The molecule has 19 heavy (non-hydrogen) atoms. The van der Waals surface area contributed by atoms with Crippen LogP contribution in [0.5, 0.6) is 0 Å². The van der Waals surface area contributed by atoms with E-state index in [1.807, 2.05) is 4.57 Å². The maximum absolute atomic E-state index is 10.9. The number of aliphatic hydroxyl groups excluding tert-OH is 1. The zero-order valence-electron chi connectivity index (χ0n) is 11.1. The monoisotopic (exact) mass is 262 g/mol. The number of imidazole rings is 1. The van der Waals surface area contributed by atoms with Gasteiger partial charge >= 0.3 is 5.97 Å². The van der Waals surface area contributed by atoms with Gasteiger partial charge in [0, 0.05) is 6.54 Å². The van der Waals surface area contributed by atoms with Gasteiger partial charge in [0.25, 0.3) is 0 Å². The van der Waals surface area contributed by atoms with Crippen molar-refractivity contribution in [2.45, 2.75) is 33.4 Å². The summed E-state index contributed by atoms with van der Waals surface area (Å²) in [6.07, 6.45) is 0.985. The van der Waals surface area contributed by atoms with Crippen LogP contribution in [0.4, 0.5) is 0 Å². The molecule has 5 heteroatoms. The Kier molecular flexibility index (Phi) is 3.85. The summed E-state index contributed by atoms with van der Waals surface area (Å²) in [5.41, 5.74) is 1.70. The van der Waals surface area contributed by atoms with Crippen molar-refractivity contribution in [2.24, 2.45) is 5.92 Å². The second-order valence-corrected chi connectivity index (χ2v) is 5.03. The van der Waals surface area contributed by atoms with Gasteiger partial charge in [-0.2, -0.15) is 0 Å². The Bertz CT molecular complexity index is 602. The molecule has 1 aromatic heterocycles. The minimum absolute atomic E-state index is 0.144. The Labute approximate surface area is 111 Å². The number of carboxylic acids is 1. The topological polar surface area (TPSA) is 75.3 Å². The van der Waals surface area contributed by atoms with Crippen LogP contribution >= 0.6 is 0 Å². The lowest BCUT2D eigenvalue weighted by molar-refractivity contribution is 0.0697. The summed E-state index contributed by atoms with van der Waals surface area (Å²) in [5, 5.41) is 18.3. The van der Waals surface area contributed by atoms with Crippen molar-refractivity contribution in [3.05, 3.63) is 29.6 Å². The number of aromatic carboxylic acids is 1. The molecule has 1 aromatic carbocycles. The summed E-state index contributed by atoms with van der Waals surface area (Å²) in [7, 11) is 0. The highest BCUT2D eigenvalue weighted by atomic mass is 16.4. The van der Waals surface area contributed by atoms with Crippen LogP contribution in [0, 0.1) is 5.92 Å². The Morgan fingerprint density at radius 2 is 2.16 bits per heavy atom. The van der Waals surface area contributed by atoms with Gasteiger partial charge in [-0.05, 0) is 30.5 Å². The first kappa shape index (κ1) is 13.5. The maximum Gasteiger partial charge on any atom is 0.335 e. The Morgan fingerprint density at radius 1 is 1.42 bits per heavy atom. The van der Waals surface area contributed by atoms with E-state index < -0.39 is 5.97 Å². The first-order valence-electron chi connectivity index (χ1n) is 6.36. The molecule has 102 valence electrons. The molecular formula is C14H18N2O3. The second-order valence-electron chi connectivity index (χ2n) is 5.03. The van der Waals surface area contributed by atoms with Crippen LogP contribution in [-0.2, 0) is 13.2 Å². The van der Waals surface area contributed by atoms with Crippen molar-refractivity contribution in [3.63, 3.8) is 0 Å². The normalized spacial score (nSPS) is 11.4. The summed E-state index contributed by atoms with van der Waals surface area (Å²) in [6.45, 7) is 4.91. The molecule has 0 spiro atoms. The van der Waals surface area contributed by atoms with Crippen LogP contribution in [-0.4, -0.2) is 25.7 Å². The number of aromatic nitrogens is 2. The van der Waals surface area contributed by atoms with Gasteiger partial charge in [-0.25, -0.2) is 9.78 Å². The standard InChI is InChI=1S/C14H18N2O3/c1-9(2)5-6-16-12-4-3-10(14(18)19)7-11(12)15-13(16)8-17/h3-4,7,9,17H,5-6,8H2,1-2H3,(H,18,19). The number of benzene rings is 1. The molecule has 2 aromatic rings. The van der Waals surface area contributed by atoms with Crippen LogP contribution in [0.3, 0.4) is 0 Å². The third-order valence-corrected chi connectivity index (χ3v) is 3.15. The molecule has 0 fully saturated rings. The van der Waals surface area contributed by atoms with Gasteiger partial charge in [0.1, 0.15) is 12.4 Å². The van der Waals surface area contributed by atoms with Crippen molar-refractivity contribution < 1.29 is 15.0 Å². The molecule has 0 saturated heterocycles. The smallest absolute Gasteiger partial charge is 0.335 e.